The van der Waals surface area contributed by atoms with Gasteiger partial charge in [0.25, 0.3) is 0 Å². The van der Waals surface area contributed by atoms with Crippen molar-refractivity contribution in [3.63, 3.8) is 0 Å². The van der Waals surface area contributed by atoms with Crippen molar-refractivity contribution >= 4 is 11.8 Å². The zero-order valence-electron chi connectivity index (χ0n) is 27.2. The third kappa shape index (κ3) is 4.51. The molecule has 8 fully saturated rings. The highest BCUT2D eigenvalue weighted by molar-refractivity contribution is 5.97. The summed E-state index contributed by atoms with van der Waals surface area (Å²) in [6.07, 6.45) is 12.6. The number of fused-ring (bicyclic) bond motifs is 8. The third-order valence-corrected chi connectivity index (χ3v) is 15.4. The lowest BCUT2D eigenvalue weighted by molar-refractivity contribution is -0.273. The number of hydrogen-bond acceptors (Lipinski definition) is 5. The molecule has 0 aromatic heterocycles. The van der Waals surface area contributed by atoms with E-state index in [2.05, 4.69) is 38.3 Å². The van der Waals surface area contributed by atoms with Crippen molar-refractivity contribution in [1.29, 1.82) is 0 Å². The Morgan fingerprint density at radius 2 is 1.67 bits per heavy atom. The van der Waals surface area contributed by atoms with Crippen LogP contribution >= 0.6 is 0 Å². The van der Waals surface area contributed by atoms with Crippen molar-refractivity contribution in [1.82, 2.24) is 15.5 Å². The second-order valence-electron chi connectivity index (χ2n) is 17.4. The summed E-state index contributed by atoms with van der Waals surface area (Å²) in [6.45, 7) is 14.5. The molecule has 4 aliphatic heterocycles. The van der Waals surface area contributed by atoms with Crippen LogP contribution in [0.2, 0.25) is 0 Å². The van der Waals surface area contributed by atoms with Gasteiger partial charge in [-0.05, 0) is 116 Å². The largest absolute Gasteiger partial charge is 0.353 e. The average molecular weight is 596 g/mol. The van der Waals surface area contributed by atoms with Crippen molar-refractivity contribution in [2.24, 2.45) is 64.1 Å². The van der Waals surface area contributed by atoms with Crippen LogP contribution in [-0.2, 0) is 19.1 Å². The van der Waals surface area contributed by atoms with Crippen LogP contribution in [-0.4, -0.2) is 67.4 Å². The smallest absolute Gasteiger partial charge is 0.232 e. The molecule has 2 amide bonds. The molecule has 4 heterocycles. The topological polar surface area (TPSA) is 79.9 Å². The highest BCUT2D eigenvalue weighted by atomic mass is 16.7. The van der Waals surface area contributed by atoms with E-state index >= 15 is 0 Å². The van der Waals surface area contributed by atoms with Crippen LogP contribution in [0.4, 0.5) is 0 Å². The standard InChI is InChI=1S/C36H57N3O4/c1-21-7-12-36(42-20-21)22(2)33-30(43-36)14-29-27-6-5-25-13-26(8-10-34(25,3)28(27)9-11-35(29,33)4)38-31(40)15-32(41)39-18-23-16-37-17-24(23)19-39/h21-30,33,37H,5-20H2,1-4H3,(H,38,40)/t21-,22+,23?,24?,25+,26+,27-,28+,29+,30+,33+,34+,35+,36-/m1/s1. The summed E-state index contributed by atoms with van der Waals surface area (Å²) >= 11 is 0. The Hall–Kier alpha value is -1.18. The molecule has 2 N–H and O–H groups in total. The number of hydrogen-bond donors (Lipinski definition) is 2. The molecule has 43 heavy (non-hydrogen) atoms. The Morgan fingerprint density at radius 3 is 2.42 bits per heavy atom. The number of nitrogens with zero attached hydrogens (tertiary/aromatic N) is 1. The van der Waals surface area contributed by atoms with Gasteiger partial charge in [-0.3, -0.25) is 9.59 Å². The van der Waals surface area contributed by atoms with E-state index < -0.39 is 0 Å². The normalized spacial score (nSPS) is 53.6. The number of likely N-dealkylation sites (tertiary alicyclic amines) is 1. The minimum absolute atomic E-state index is 0.0183. The maximum Gasteiger partial charge on any atom is 0.232 e. The zero-order chi connectivity index (χ0) is 29.7. The highest BCUT2D eigenvalue weighted by Gasteiger charge is 2.69. The molecule has 14 atom stereocenters. The maximum atomic E-state index is 13.0. The number of amides is 2. The average Bonchev–Trinajstić information content (AvgIpc) is 3.71. The Morgan fingerprint density at radius 1 is 0.907 bits per heavy atom. The Balaban J connectivity index is 0.888. The lowest BCUT2D eigenvalue weighted by Crippen LogP contribution is -2.56. The van der Waals surface area contributed by atoms with Gasteiger partial charge in [-0.1, -0.05) is 27.7 Å². The maximum absolute atomic E-state index is 13.0. The van der Waals surface area contributed by atoms with Crippen molar-refractivity contribution in [2.75, 3.05) is 32.8 Å². The first-order valence-electron chi connectivity index (χ1n) is 18.2. The van der Waals surface area contributed by atoms with Gasteiger partial charge >= 0.3 is 0 Å². The van der Waals surface area contributed by atoms with Crippen LogP contribution < -0.4 is 10.6 Å². The molecule has 0 radical (unpaired) electrons. The van der Waals surface area contributed by atoms with Gasteiger partial charge in [0.15, 0.2) is 5.79 Å². The molecule has 0 aromatic rings. The van der Waals surface area contributed by atoms with Gasteiger partial charge in [0.1, 0.15) is 6.42 Å². The number of carbonyl (C=O) groups is 2. The van der Waals surface area contributed by atoms with Crippen molar-refractivity contribution in [2.45, 2.75) is 116 Å². The summed E-state index contributed by atoms with van der Waals surface area (Å²) in [4.78, 5) is 27.9. The molecular formula is C36H57N3O4. The predicted molar refractivity (Wildman–Crippen MR) is 165 cm³/mol. The molecule has 7 nitrogen and oxygen atoms in total. The Bertz CT molecular complexity index is 1110. The second kappa shape index (κ2) is 10.4. The van der Waals surface area contributed by atoms with Gasteiger partial charge < -0.3 is 25.0 Å². The van der Waals surface area contributed by atoms with Crippen LogP contribution in [0.5, 0.6) is 0 Å². The van der Waals surface area contributed by atoms with Gasteiger partial charge in [-0.2, -0.15) is 0 Å². The van der Waals surface area contributed by atoms with E-state index in [1.807, 2.05) is 4.90 Å². The molecule has 4 aliphatic carbocycles. The first-order chi connectivity index (χ1) is 20.6. The van der Waals surface area contributed by atoms with E-state index in [9.17, 15) is 9.59 Å². The summed E-state index contributed by atoms with van der Waals surface area (Å²) in [5, 5.41) is 6.75. The monoisotopic (exact) mass is 595 g/mol. The first kappa shape index (κ1) is 29.2. The SMILES string of the molecule is C[C@@H]1CC[C@@]2(OC1)O[C@H]1C[C@H]3[C@@H]4CC[C@H]5C[C@@H](NC(=O)CC(=O)N6CC7CNCC7C6)CC[C@]5(C)[C@H]4CC[C@]3(C)[C@H]1[C@@H]2C. The summed E-state index contributed by atoms with van der Waals surface area (Å²) in [5.74, 6) is 5.59. The predicted octanol–water partition coefficient (Wildman–Crippen LogP) is 4.99. The summed E-state index contributed by atoms with van der Waals surface area (Å²) < 4.78 is 13.5. The van der Waals surface area contributed by atoms with Crippen LogP contribution in [0.3, 0.4) is 0 Å². The molecule has 4 saturated heterocycles. The van der Waals surface area contributed by atoms with Crippen LogP contribution in [0.15, 0.2) is 0 Å². The Labute approximate surface area is 259 Å². The van der Waals surface area contributed by atoms with E-state index in [-0.39, 0.29) is 30.1 Å². The molecule has 1 spiro atoms. The fourth-order valence-electron chi connectivity index (χ4n) is 13.0. The summed E-state index contributed by atoms with van der Waals surface area (Å²) in [6, 6.07) is 0.223. The van der Waals surface area contributed by atoms with Crippen LogP contribution in [0, 0.1) is 64.1 Å². The van der Waals surface area contributed by atoms with Gasteiger partial charge in [0.05, 0.1) is 12.7 Å². The minimum Gasteiger partial charge on any atom is -0.353 e. The van der Waals surface area contributed by atoms with Crippen LogP contribution in [0.1, 0.15) is 98.3 Å². The van der Waals surface area contributed by atoms with Crippen LogP contribution in [0.25, 0.3) is 0 Å². The Kier molecular flexibility index (Phi) is 7.08. The van der Waals surface area contributed by atoms with Crippen molar-refractivity contribution in [3.05, 3.63) is 0 Å². The lowest BCUT2D eigenvalue weighted by Gasteiger charge is -2.61. The van der Waals surface area contributed by atoms with Gasteiger partial charge in [-0.15, -0.1) is 0 Å². The van der Waals surface area contributed by atoms with E-state index in [1.54, 1.807) is 0 Å². The lowest BCUT2D eigenvalue weighted by atomic mass is 9.44. The fourth-order valence-corrected chi connectivity index (χ4v) is 13.0. The second-order valence-corrected chi connectivity index (χ2v) is 17.4. The van der Waals surface area contributed by atoms with E-state index in [0.29, 0.717) is 52.4 Å². The summed E-state index contributed by atoms with van der Waals surface area (Å²) in [7, 11) is 0. The molecule has 0 bridgehead atoms. The third-order valence-electron chi connectivity index (χ3n) is 15.4. The van der Waals surface area contributed by atoms with E-state index in [4.69, 9.17) is 9.47 Å². The highest BCUT2D eigenvalue weighted by Crippen LogP contribution is 2.71. The molecule has 8 aliphatic rings. The van der Waals surface area contributed by atoms with Gasteiger partial charge in [0.2, 0.25) is 11.8 Å². The van der Waals surface area contributed by atoms with Gasteiger partial charge in [-0.25, -0.2) is 0 Å². The molecule has 8 rings (SSSR count). The number of rotatable bonds is 3. The molecular weight excluding hydrogens is 538 g/mol. The summed E-state index contributed by atoms with van der Waals surface area (Å²) in [5.41, 5.74) is 0.739. The van der Waals surface area contributed by atoms with E-state index in [1.165, 1.54) is 44.9 Å². The van der Waals surface area contributed by atoms with Gasteiger partial charge in [0, 0.05) is 44.6 Å². The molecule has 7 heteroatoms. The fraction of sp³-hybridized carbons (Fsp3) is 0.944. The molecule has 2 unspecified atom stereocenters. The van der Waals surface area contributed by atoms with E-state index in [0.717, 1.165) is 69.8 Å². The molecule has 4 saturated carbocycles. The first-order valence-corrected chi connectivity index (χ1v) is 18.2. The number of carbonyl (C=O) groups excluding carboxylic acids is 2. The number of nitrogens with one attached hydrogen (secondary N) is 2. The number of ether oxygens (including phenoxy) is 2. The quantitative estimate of drug-likeness (QED) is 0.450. The zero-order valence-corrected chi connectivity index (χ0v) is 27.2. The van der Waals surface area contributed by atoms with Crippen molar-refractivity contribution in [3.8, 4) is 0 Å². The molecule has 0 aromatic carbocycles. The van der Waals surface area contributed by atoms with Crippen molar-refractivity contribution < 1.29 is 19.1 Å². The molecule has 240 valence electrons. The minimum atomic E-state index is -0.325.